The molecule has 0 spiro atoms. The van der Waals surface area contributed by atoms with Crippen molar-refractivity contribution in [3.05, 3.63) is 0 Å². The summed E-state index contributed by atoms with van der Waals surface area (Å²) in [5.74, 6) is 0.0319. The molecular weight excluding hydrogens is 208 g/mol. The number of hydrogen-bond donors (Lipinski definition) is 1. The van der Waals surface area contributed by atoms with E-state index in [0.717, 1.165) is 12.7 Å². The minimum Gasteiger partial charge on any atom is -0.394 e. The normalized spacial score (nSPS) is 14.7. The first-order valence-electron chi connectivity index (χ1n) is 4.07. The van der Waals surface area contributed by atoms with Crippen molar-refractivity contribution in [1.82, 2.24) is 0 Å². The van der Waals surface area contributed by atoms with E-state index in [1.165, 1.54) is 11.8 Å². The second-order valence-corrected chi connectivity index (χ2v) is 4.18. The monoisotopic (exact) mass is 222 g/mol. The number of rotatable bonds is 6. The van der Waals surface area contributed by atoms with E-state index in [2.05, 4.69) is 17.1 Å². The Labute approximate surface area is 88.2 Å². The summed E-state index contributed by atoms with van der Waals surface area (Å²) in [6, 6.07) is 0. The molecule has 0 aromatic rings. The van der Waals surface area contributed by atoms with Crippen molar-refractivity contribution in [3.63, 3.8) is 0 Å². The highest BCUT2D eigenvalue weighted by atomic mass is 32.2. The van der Waals surface area contributed by atoms with Gasteiger partial charge < -0.3 is 8.98 Å². The minimum atomic E-state index is -0.350. The molecule has 0 bridgehead atoms. The van der Waals surface area contributed by atoms with Crippen molar-refractivity contribution in [2.75, 3.05) is 5.75 Å². The maximum Gasteiger partial charge on any atom is 0.321 e. The Kier molecular flexibility index (Phi) is 7.17. The van der Waals surface area contributed by atoms with Gasteiger partial charge >= 0.3 is 5.97 Å². The first kappa shape index (κ1) is 12.8. The fourth-order valence-electron chi connectivity index (χ4n) is 0.679. The van der Waals surface area contributed by atoms with Gasteiger partial charge in [0.05, 0.1) is 11.2 Å². The lowest BCUT2D eigenvalue weighted by molar-refractivity contribution is -0.136. The van der Waals surface area contributed by atoms with Crippen molar-refractivity contribution in [2.45, 2.75) is 25.5 Å². The van der Waals surface area contributed by atoms with Crippen molar-refractivity contribution >= 4 is 36.9 Å². The van der Waals surface area contributed by atoms with Gasteiger partial charge in [0.15, 0.2) is 0 Å². The van der Waals surface area contributed by atoms with Crippen LogP contribution in [0.25, 0.3) is 0 Å². The summed E-state index contributed by atoms with van der Waals surface area (Å²) < 4.78 is 4.27. The molecule has 0 aliphatic rings. The number of hydrogen-bond acceptors (Lipinski definition) is 5. The Morgan fingerprint density at radius 3 is 2.69 bits per heavy atom. The van der Waals surface area contributed by atoms with Crippen LogP contribution in [0.2, 0.25) is 0 Å². The zero-order chi connectivity index (χ0) is 10.3. The SMILES string of the molecule is CCC(C=O)SCC(C)C(=O)OS. The first-order chi connectivity index (χ1) is 6.15. The summed E-state index contributed by atoms with van der Waals surface area (Å²) in [5, 5.41) is -0.0184. The second-order valence-electron chi connectivity index (χ2n) is 2.73. The number of aldehydes is 1. The highest BCUT2D eigenvalue weighted by Gasteiger charge is 2.15. The Morgan fingerprint density at radius 1 is 1.69 bits per heavy atom. The molecule has 0 fully saturated rings. The van der Waals surface area contributed by atoms with Gasteiger partial charge in [-0.3, -0.25) is 4.79 Å². The van der Waals surface area contributed by atoms with Crippen LogP contribution in [0.15, 0.2) is 0 Å². The predicted octanol–water partition coefficient (Wildman–Crippen LogP) is 1.72. The van der Waals surface area contributed by atoms with Gasteiger partial charge in [-0.15, -0.1) is 0 Å². The van der Waals surface area contributed by atoms with E-state index in [1.807, 2.05) is 6.92 Å². The molecule has 0 radical (unpaired) electrons. The largest absolute Gasteiger partial charge is 0.394 e. The van der Waals surface area contributed by atoms with Crippen LogP contribution in [0.4, 0.5) is 0 Å². The summed E-state index contributed by atoms with van der Waals surface area (Å²) in [6.45, 7) is 3.69. The standard InChI is InChI=1S/C8H14O3S2/c1-3-7(4-9)13-5-6(2)8(10)11-12/h4,6-7,12H,3,5H2,1-2H3. The Hall–Kier alpha value is -0.160. The molecule has 0 saturated carbocycles. The number of carbonyl (C=O) groups is 2. The fraction of sp³-hybridized carbons (Fsp3) is 0.750. The fourth-order valence-corrected chi connectivity index (χ4v) is 1.85. The topological polar surface area (TPSA) is 43.4 Å². The average molecular weight is 222 g/mol. The van der Waals surface area contributed by atoms with Crippen LogP contribution in [0.5, 0.6) is 0 Å². The molecule has 0 aliphatic heterocycles. The molecule has 0 aliphatic carbocycles. The summed E-state index contributed by atoms with van der Waals surface area (Å²) in [5.41, 5.74) is 0. The molecule has 0 aromatic carbocycles. The van der Waals surface area contributed by atoms with Crippen molar-refractivity contribution in [1.29, 1.82) is 0 Å². The van der Waals surface area contributed by atoms with E-state index >= 15 is 0 Å². The predicted molar refractivity (Wildman–Crippen MR) is 56.8 cm³/mol. The molecule has 76 valence electrons. The van der Waals surface area contributed by atoms with Gasteiger partial charge in [-0.2, -0.15) is 11.8 Å². The molecule has 0 amide bonds. The molecule has 5 heteroatoms. The number of thioether (sulfide) groups is 1. The molecule has 2 atom stereocenters. The van der Waals surface area contributed by atoms with Gasteiger partial charge in [0, 0.05) is 18.7 Å². The molecular formula is C8H14O3S2. The Bertz CT molecular complexity index is 173. The summed E-state index contributed by atoms with van der Waals surface area (Å²) >= 11 is 4.89. The molecule has 0 saturated heterocycles. The van der Waals surface area contributed by atoms with Crippen molar-refractivity contribution in [3.8, 4) is 0 Å². The van der Waals surface area contributed by atoms with Gasteiger partial charge in [0.2, 0.25) is 0 Å². The highest BCUT2D eigenvalue weighted by molar-refractivity contribution is 8.00. The lowest BCUT2D eigenvalue weighted by Crippen LogP contribution is -2.15. The van der Waals surface area contributed by atoms with Crippen LogP contribution < -0.4 is 0 Å². The molecule has 0 rings (SSSR count). The van der Waals surface area contributed by atoms with E-state index in [0.29, 0.717) is 5.75 Å². The highest BCUT2D eigenvalue weighted by Crippen LogP contribution is 2.17. The quantitative estimate of drug-likeness (QED) is 0.422. The third-order valence-electron chi connectivity index (χ3n) is 1.61. The number of carbonyl (C=O) groups excluding carboxylic acids is 2. The van der Waals surface area contributed by atoms with Crippen LogP contribution in [-0.2, 0) is 13.8 Å². The van der Waals surface area contributed by atoms with E-state index < -0.39 is 0 Å². The van der Waals surface area contributed by atoms with Crippen LogP contribution in [-0.4, -0.2) is 23.3 Å². The van der Waals surface area contributed by atoms with E-state index in [1.54, 1.807) is 6.92 Å². The van der Waals surface area contributed by atoms with Crippen LogP contribution in [0.1, 0.15) is 20.3 Å². The number of thiol groups is 1. The second kappa shape index (κ2) is 7.26. The van der Waals surface area contributed by atoms with Crippen LogP contribution in [0.3, 0.4) is 0 Å². The van der Waals surface area contributed by atoms with E-state index in [4.69, 9.17) is 0 Å². The first-order valence-corrected chi connectivity index (χ1v) is 5.49. The molecule has 2 unspecified atom stereocenters. The lowest BCUT2D eigenvalue weighted by atomic mass is 10.2. The molecule has 3 nitrogen and oxygen atoms in total. The average Bonchev–Trinajstić information content (AvgIpc) is 2.17. The molecule has 0 heterocycles. The van der Waals surface area contributed by atoms with Gasteiger partial charge in [-0.1, -0.05) is 13.8 Å². The zero-order valence-corrected chi connectivity index (χ0v) is 9.44. The molecule has 0 N–H and O–H groups in total. The van der Waals surface area contributed by atoms with Gasteiger partial charge in [-0.05, 0) is 6.42 Å². The minimum absolute atomic E-state index is 0.0184. The van der Waals surface area contributed by atoms with E-state index in [9.17, 15) is 9.59 Å². The lowest BCUT2D eigenvalue weighted by Gasteiger charge is -2.10. The summed E-state index contributed by atoms with van der Waals surface area (Å²) in [4.78, 5) is 21.3. The van der Waals surface area contributed by atoms with Crippen LogP contribution >= 0.6 is 24.7 Å². The van der Waals surface area contributed by atoms with Gasteiger partial charge in [0.1, 0.15) is 6.29 Å². The molecule has 13 heavy (non-hydrogen) atoms. The van der Waals surface area contributed by atoms with Crippen LogP contribution in [0, 0.1) is 5.92 Å². The van der Waals surface area contributed by atoms with Crippen molar-refractivity contribution < 1.29 is 13.8 Å². The third-order valence-corrected chi connectivity index (χ3v) is 3.35. The Morgan fingerprint density at radius 2 is 2.31 bits per heavy atom. The van der Waals surface area contributed by atoms with Gasteiger partial charge in [0.25, 0.3) is 0 Å². The summed E-state index contributed by atoms with van der Waals surface area (Å²) in [6.07, 6.45) is 1.69. The maximum absolute atomic E-state index is 10.9. The van der Waals surface area contributed by atoms with E-state index in [-0.39, 0.29) is 17.1 Å². The maximum atomic E-state index is 10.9. The summed E-state index contributed by atoms with van der Waals surface area (Å²) in [7, 11) is 0. The Balaban J connectivity index is 3.73. The smallest absolute Gasteiger partial charge is 0.321 e. The zero-order valence-electron chi connectivity index (χ0n) is 7.73. The van der Waals surface area contributed by atoms with Gasteiger partial charge in [-0.25, -0.2) is 0 Å². The molecule has 0 aromatic heterocycles. The van der Waals surface area contributed by atoms with Crippen molar-refractivity contribution in [2.24, 2.45) is 5.92 Å². The third kappa shape index (κ3) is 5.21.